The molecule has 0 saturated heterocycles. The Morgan fingerprint density at radius 2 is 1.79 bits per heavy atom. The molecule has 2 nitrogen and oxygen atoms in total. The normalized spacial score (nSPS) is 15.9. The highest BCUT2D eigenvalue weighted by Crippen LogP contribution is 2.11. The van der Waals surface area contributed by atoms with E-state index in [9.17, 15) is 5.11 Å². The molecule has 0 aromatic heterocycles. The number of hydrogen-bond acceptors (Lipinski definition) is 2. The Labute approximate surface area is 88.7 Å². The molecule has 1 N–H and O–H groups in total. The van der Waals surface area contributed by atoms with Gasteiger partial charge in [-0.3, -0.25) is 0 Å². The zero-order valence-corrected chi connectivity index (χ0v) is 10.1. The van der Waals surface area contributed by atoms with Gasteiger partial charge in [-0.2, -0.15) is 0 Å². The Bertz CT molecular complexity index is 123. The predicted octanol–water partition coefficient (Wildman–Crippen LogP) is 2.99. The van der Waals surface area contributed by atoms with Gasteiger partial charge in [0.05, 0.1) is 12.2 Å². The fraction of sp³-hybridized carbons (Fsp3) is 1.00. The van der Waals surface area contributed by atoms with Crippen LogP contribution in [0.3, 0.4) is 0 Å². The number of rotatable bonds is 8. The van der Waals surface area contributed by atoms with Crippen molar-refractivity contribution in [3.8, 4) is 0 Å². The van der Waals surface area contributed by atoms with Crippen LogP contribution >= 0.6 is 0 Å². The maximum atomic E-state index is 9.75. The van der Waals surface area contributed by atoms with E-state index in [1.807, 2.05) is 0 Å². The molecule has 2 unspecified atom stereocenters. The summed E-state index contributed by atoms with van der Waals surface area (Å²) in [6, 6.07) is 0. The Balaban J connectivity index is 3.66. The van der Waals surface area contributed by atoms with E-state index < -0.39 is 0 Å². The third kappa shape index (κ3) is 6.39. The van der Waals surface area contributed by atoms with E-state index >= 15 is 0 Å². The van der Waals surface area contributed by atoms with E-state index in [1.54, 1.807) is 0 Å². The van der Waals surface area contributed by atoms with Crippen LogP contribution in [-0.4, -0.2) is 23.9 Å². The standard InChI is InChI=1S/C12H26O2/c1-5-7-11(13)12(6-2)14-9-8-10(3)4/h10-13H,5-9H2,1-4H3. The third-order valence-corrected chi connectivity index (χ3v) is 2.44. The lowest BCUT2D eigenvalue weighted by atomic mass is 10.1. The van der Waals surface area contributed by atoms with Crippen LogP contribution in [0.2, 0.25) is 0 Å². The van der Waals surface area contributed by atoms with Crippen molar-refractivity contribution in [1.29, 1.82) is 0 Å². The molecule has 0 amide bonds. The molecule has 0 aromatic rings. The molecule has 0 aliphatic carbocycles. The number of aliphatic hydroxyl groups is 1. The average Bonchev–Trinajstić information content (AvgIpc) is 2.12. The van der Waals surface area contributed by atoms with E-state index in [1.165, 1.54) is 0 Å². The van der Waals surface area contributed by atoms with Crippen LogP contribution in [0.4, 0.5) is 0 Å². The fourth-order valence-corrected chi connectivity index (χ4v) is 1.44. The van der Waals surface area contributed by atoms with Gasteiger partial charge in [-0.1, -0.05) is 34.1 Å². The first kappa shape index (κ1) is 13.9. The summed E-state index contributed by atoms with van der Waals surface area (Å²) >= 11 is 0. The Morgan fingerprint density at radius 3 is 2.21 bits per heavy atom. The summed E-state index contributed by atoms with van der Waals surface area (Å²) in [5.41, 5.74) is 0. The molecule has 2 atom stereocenters. The van der Waals surface area contributed by atoms with E-state index in [4.69, 9.17) is 4.74 Å². The zero-order valence-electron chi connectivity index (χ0n) is 10.1. The second-order valence-electron chi connectivity index (χ2n) is 4.36. The van der Waals surface area contributed by atoms with Crippen LogP contribution in [0.15, 0.2) is 0 Å². The molecule has 0 aliphatic heterocycles. The summed E-state index contributed by atoms with van der Waals surface area (Å²) in [5, 5.41) is 9.75. The van der Waals surface area contributed by atoms with Crippen LogP contribution in [0.1, 0.15) is 53.4 Å². The van der Waals surface area contributed by atoms with E-state index in [0.717, 1.165) is 32.3 Å². The van der Waals surface area contributed by atoms with Crippen molar-refractivity contribution in [3.63, 3.8) is 0 Å². The lowest BCUT2D eigenvalue weighted by Crippen LogP contribution is -2.28. The van der Waals surface area contributed by atoms with Crippen LogP contribution < -0.4 is 0 Å². The Morgan fingerprint density at radius 1 is 1.14 bits per heavy atom. The fourth-order valence-electron chi connectivity index (χ4n) is 1.44. The zero-order chi connectivity index (χ0) is 11.0. The largest absolute Gasteiger partial charge is 0.390 e. The first-order valence-electron chi connectivity index (χ1n) is 5.91. The summed E-state index contributed by atoms with van der Waals surface area (Å²) in [6.45, 7) is 9.31. The van der Waals surface area contributed by atoms with Crippen LogP contribution in [0, 0.1) is 5.92 Å². The molecule has 86 valence electrons. The second-order valence-corrected chi connectivity index (χ2v) is 4.36. The Hall–Kier alpha value is -0.0800. The Kier molecular flexibility index (Phi) is 8.20. The van der Waals surface area contributed by atoms with E-state index in [2.05, 4.69) is 27.7 Å². The summed E-state index contributed by atoms with van der Waals surface area (Å²) < 4.78 is 5.67. The highest BCUT2D eigenvalue weighted by molar-refractivity contribution is 4.67. The van der Waals surface area contributed by atoms with Gasteiger partial charge in [0, 0.05) is 6.61 Å². The van der Waals surface area contributed by atoms with Crippen molar-refractivity contribution in [2.24, 2.45) is 5.92 Å². The SMILES string of the molecule is CCCC(O)C(CC)OCCC(C)C. The molecule has 0 radical (unpaired) electrons. The summed E-state index contributed by atoms with van der Waals surface area (Å²) in [6.07, 6.45) is 3.60. The van der Waals surface area contributed by atoms with Crippen molar-refractivity contribution < 1.29 is 9.84 Å². The van der Waals surface area contributed by atoms with Gasteiger partial charge in [-0.05, 0) is 25.2 Å². The topological polar surface area (TPSA) is 29.5 Å². The van der Waals surface area contributed by atoms with Gasteiger partial charge in [0.1, 0.15) is 0 Å². The molecule has 0 aliphatic rings. The number of aliphatic hydroxyl groups excluding tert-OH is 1. The van der Waals surface area contributed by atoms with Crippen molar-refractivity contribution in [2.75, 3.05) is 6.61 Å². The van der Waals surface area contributed by atoms with Gasteiger partial charge < -0.3 is 9.84 Å². The molecule has 0 fully saturated rings. The van der Waals surface area contributed by atoms with Crippen molar-refractivity contribution >= 4 is 0 Å². The average molecular weight is 202 g/mol. The molecule has 0 aromatic carbocycles. The highest BCUT2D eigenvalue weighted by atomic mass is 16.5. The van der Waals surface area contributed by atoms with Gasteiger partial charge in [-0.25, -0.2) is 0 Å². The smallest absolute Gasteiger partial charge is 0.0831 e. The maximum Gasteiger partial charge on any atom is 0.0831 e. The quantitative estimate of drug-likeness (QED) is 0.655. The minimum atomic E-state index is -0.280. The van der Waals surface area contributed by atoms with Gasteiger partial charge >= 0.3 is 0 Å². The van der Waals surface area contributed by atoms with Crippen molar-refractivity contribution in [2.45, 2.75) is 65.6 Å². The van der Waals surface area contributed by atoms with Gasteiger partial charge in [-0.15, -0.1) is 0 Å². The van der Waals surface area contributed by atoms with Crippen molar-refractivity contribution in [1.82, 2.24) is 0 Å². The monoisotopic (exact) mass is 202 g/mol. The summed E-state index contributed by atoms with van der Waals surface area (Å²) in [5.74, 6) is 0.677. The van der Waals surface area contributed by atoms with Gasteiger partial charge in [0.2, 0.25) is 0 Å². The first-order chi connectivity index (χ1) is 6.61. The molecule has 14 heavy (non-hydrogen) atoms. The number of ether oxygens (including phenoxy) is 1. The molecule has 0 rings (SSSR count). The maximum absolute atomic E-state index is 9.75. The lowest BCUT2D eigenvalue weighted by Gasteiger charge is -2.22. The predicted molar refractivity (Wildman–Crippen MR) is 60.4 cm³/mol. The molecular formula is C12H26O2. The van der Waals surface area contributed by atoms with E-state index in [0.29, 0.717) is 5.92 Å². The van der Waals surface area contributed by atoms with Gasteiger partial charge in [0.25, 0.3) is 0 Å². The summed E-state index contributed by atoms with van der Waals surface area (Å²) in [4.78, 5) is 0. The summed E-state index contributed by atoms with van der Waals surface area (Å²) in [7, 11) is 0. The number of hydrogen-bond donors (Lipinski definition) is 1. The lowest BCUT2D eigenvalue weighted by molar-refractivity contribution is -0.0450. The minimum Gasteiger partial charge on any atom is -0.390 e. The van der Waals surface area contributed by atoms with Crippen LogP contribution in [0.25, 0.3) is 0 Å². The molecule has 0 heterocycles. The third-order valence-electron chi connectivity index (χ3n) is 2.44. The molecule has 2 heteroatoms. The molecule has 0 bridgehead atoms. The highest BCUT2D eigenvalue weighted by Gasteiger charge is 2.16. The molecule has 0 spiro atoms. The van der Waals surface area contributed by atoms with Crippen molar-refractivity contribution in [3.05, 3.63) is 0 Å². The first-order valence-corrected chi connectivity index (χ1v) is 5.91. The minimum absolute atomic E-state index is 0.0358. The van der Waals surface area contributed by atoms with Gasteiger partial charge in [0.15, 0.2) is 0 Å². The molecule has 0 saturated carbocycles. The second kappa shape index (κ2) is 8.25. The molecular weight excluding hydrogens is 176 g/mol. The van der Waals surface area contributed by atoms with Crippen LogP contribution in [-0.2, 0) is 4.74 Å². The van der Waals surface area contributed by atoms with E-state index in [-0.39, 0.29) is 12.2 Å². The van der Waals surface area contributed by atoms with Crippen LogP contribution in [0.5, 0.6) is 0 Å².